The fraction of sp³-hybridized carbons (Fsp3) is 0.500. The highest BCUT2D eigenvalue weighted by atomic mass is 35.5. The molecule has 2 aliphatic heterocycles. The highest BCUT2D eigenvalue weighted by Gasteiger charge is 2.39. The number of nitrogens with two attached hydrogens (primary N) is 1. The summed E-state index contributed by atoms with van der Waals surface area (Å²) in [5, 5.41) is 5.66. The van der Waals surface area contributed by atoms with Crippen molar-refractivity contribution in [1.29, 1.82) is 0 Å². The minimum atomic E-state index is -0.595. The number of anilines is 2. The first-order chi connectivity index (χ1) is 11.0. The van der Waals surface area contributed by atoms with Crippen molar-refractivity contribution >= 4 is 35.6 Å². The molecule has 1 aromatic carbocycles. The maximum absolute atomic E-state index is 12.6. The summed E-state index contributed by atoms with van der Waals surface area (Å²) in [5.41, 5.74) is 6.41. The summed E-state index contributed by atoms with van der Waals surface area (Å²) in [4.78, 5) is 24.3. The lowest BCUT2D eigenvalue weighted by atomic mass is 9.79. The van der Waals surface area contributed by atoms with E-state index in [4.69, 9.17) is 15.2 Å². The summed E-state index contributed by atoms with van der Waals surface area (Å²) < 4.78 is 10.8. The van der Waals surface area contributed by atoms with Crippen LogP contribution >= 0.6 is 12.4 Å². The Kier molecular flexibility index (Phi) is 5.69. The predicted molar refractivity (Wildman–Crippen MR) is 92.6 cm³/mol. The Morgan fingerprint density at radius 2 is 2.12 bits per heavy atom. The summed E-state index contributed by atoms with van der Waals surface area (Å²) in [5.74, 6) is 0.276. The van der Waals surface area contributed by atoms with Gasteiger partial charge in [0.15, 0.2) is 6.10 Å². The topological polar surface area (TPSA) is 103 Å². The van der Waals surface area contributed by atoms with E-state index >= 15 is 0 Å². The second kappa shape index (κ2) is 7.38. The predicted octanol–water partition coefficient (Wildman–Crippen LogP) is 1.52. The quantitative estimate of drug-likeness (QED) is 0.762. The molecule has 1 fully saturated rings. The Bertz CT molecular complexity index is 632. The number of benzene rings is 1. The first kappa shape index (κ1) is 18.5. The van der Waals surface area contributed by atoms with Crippen molar-refractivity contribution in [3.8, 4) is 5.75 Å². The number of ether oxygens (including phenoxy) is 2. The van der Waals surface area contributed by atoms with E-state index in [0.717, 1.165) is 0 Å². The van der Waals surface area contributed by atoms with E-state index in [0.29, 0.717) is 43.2 Å². The standard InChI is InChI=1S/C16H21N3O4.ClH/c1-10-14(20)19-12-8-11(2-3-13(12)23-10)18-15(21)16(9-17)4-6-22-7-5-16;/h2-3,8,10H,4-7,9,17H2,1H3,(H,18,21)(H,19,20);1H. The average molecular weight is 356 g/mol. The van der Waals surface area contributed by atoms with Crippen LogP contribution in [0.15, 0.2) is 18.2 Å². The lowest BCUT2D eigenvalue weighted by Gasteiger charge is -2.34. The van der Waals surface area contributed by atoms with Crippen LogP contribution in [0.4, 0.5) is 11.4 Å². The van der Waals surface area contributed by atoms with Crippen molar-refractivity contribution in [3.63, 3.8) is 0 Å². The third-order valence-electron chi connectivity index (χ3n) is 4.49. The molecule has 0 saturated carbocycles. The molecule has 0 aliphatic carbocycles. The number of nitrogens with one attached hydrogen (secondary N) is 2. The van der Waals surface area contributed by atoms with Crippen LogP contribution in [0.5, 0.6) is 5.75 Å². The molecule has 0 radical (unpaired) electrons. The van der Waals surface area contributed by atoms with Gasteiger partial charge in [0.25, 0.3) is 5.91 Å². The van der Waals surface area contributed by atoms with Crippen molar-refractivity contribution in [2.45, 2.75) is 25.9 Å². The number of halogens is 1. The molecule has 3 rings (SSSR count). The van der Waals surface area contributed by atoms with E-state index in [1.165, 1.54) is 0 Å². The molecule has 1 unspecified atom stereocenters. The zero-order valence-electron chi connectivity index (χ0n) is 13.5. The Morgan fingerprint density at radius 3 is 2.79 bits per heavy atom. The van der Waals surface area contributed by atoms with Gasteiger partial charge in [0.1, 0.15) is 5.75 Å². The maximum atomic E-state index is 12.6. The molecule has 8 heteroatoms. The summed E-state index contributed by atoms with van der Waals surface area (Å²) >= 11 is 0. The van der Waals surface area contributed by atoms with Crippen LogP contribution < -0.4 is 21.1 Å². The summed E-state index contributed by atoms with van der Waals surface area (Å²) in [7, 11) is 0. The molecule has 1 saturated heterocycles. The van der Waals surface area contributed by atoms with Gasteiger partial charge in [0, 0.05) is 25.4 Å². The van der Waals surface area contributed by atoms with E-state index in [-0.39, 0.29) is 30.8 Å². The number of hydrogen-bond acceptors (Lipinski definition) is 5. The molecule has 2 heterocycles. The Hall–Kier alpha value is -1.83. The fourth-order valence-corrected chi connectivity index (χ4v) is 2.84. The van der Waals surface area contributed by atoms with Crippen molar-refractivity contribution in [2.24, 2.45) is 11.1 Å². The molecule has 2 aliphatic rings. The number of carbonyl (C=O) groups excluding carboxylic acids is 2. The van der Waals surface area contributed by atoms with E-state index in [2.05, 4.69) is 10.6 Å². The highest BCUT2D eigenvalue weighted by molar-refractivity contribution is 6.00. The van der Waals surface area contributed by atoms with Crippen LogP contribution in [0.2, 0.25) is 0 Å². The van der Waals surface area contributed by atoms with E-state index in [1.807, 2.05) is 0 Å². The molecule has 1 aromatic rings. The van der Waals surface area contributed by atoms with Crippen LogP contribution in [0.1, 0.15) is 19.8 Å². The smallest absolute Gasteiger partial charge is 0.265 e. The molecule has 2 amide bonds. The number of carbonyl (C=O) groups is 2. The molecular weight excluding hydrogens is 334 g/mol. The first-order valence-corrected chi connectivity index (χ1v) is 7.75. The lowest BCUT2D eigenvalue weighted by molar-refractivity contribution is -0.130. The number of rotatable bonds is 3. The van der Waals surface area contributed by atoms with Gasteiger partial charge in [0.05, 0.1) is 11.1 Å². The molecule has 132 valence electrons. The number of hydrogen-bond donors (Lipinski definition) is 3. The van der Waals surface area contributed by atoms with Crippen molar-refractivity contribution in [1.82, 2.24) is 0 Å². The minimum Gasteiger partial charge on any atom is -0.479 e. The molecule has 0 bridgehead atoms. The van der Waals surface area contributed by atoms with E-state index in [1.54, 1.807) is 25.1 Å². The van der Waals surface area contributed by atoms with Gasteiger partial charge in [-0.15, -0.1) is 12.4 Å². The van der Waals surface area contributed by atoms with Gasteiger partial charge in [-0.25, -0.2) is 0 Å². The monoisotopic (exact) mass is 355 g/mol. The molecule has 7 nitrogen and oxygen atoms in total. The van der Waals surface area contributed by atoms with Gasteiger partial charge in [-0.3, -0.25) is 9.59 Å². The van der Waals surface area contributed by atoms with E-state index < -0.39 is 11.5 Å². The summed E-state index contributed by atoms with van der Waals surface area (Å²) in [6.45, 7) is 3.04. The van der Waals surface area contributed by atoms with Crippen LogP contribution in [-0.4, -0.2) is 37.7 Å². The van der Waals surface area contributed by atoms with Gasteiger partial charge in [-0.1, -0.05) is 0 Å². The van der Waals surface area contributed by atoms with Crippen LogP contribution in [0.3, 0.4) is 0 Å². The average Bonchev–Trinajstić information content (AvgIpc) is 2.56. The highest BCUT2D eigenvalue weighted by Crippen LogP contribution is 2.34. The minimum absolute atomic E-state index is 0. The van der Waals surface area contributed by atoms with Gasteiger partial charge < -0.3 is 25.8 Å². The molecule has 4 N–H and O–H groups in total. The Morgan fingerprint density at radius 1 is 1.42 bits per heavy atom. The van der Waals surface area contributed by atoms with Gasteiger partial charge in [0.2, 0.25) is 5.91 Å². The zero-order valence-corrected chi connectivity index (χ0v) is 14.3. The van der Waals surface area contributed by atoms with Gasteiger partial charge in [-0.05, 0) is 38.0 Å². The third kappa shape index (κ3) is 3.48. The molecule has 24 heavy (non-hydrogen) atoms. The molecule has 1 atom stereocenters. The van der Waals surface area contributed by atoms with Crippen LogP contribution in [0, 0.1) is 5.41 Å². The normalized spacial score (nSPS) is 21.6. The van der Waals surface area contributed by atoms with Crippen molar-refractivity contribution < 1.29 is 19.1 Å². The van der Waals surface area contributed by atoms with Crippen LogP contribution in [0.25, 0.3) is 0 Å². The molecule has 0 spiro atoms. The maximum Gasteiger partial charge on any atom is 0.265 e. The third-order valence-corrected chi connectivity index (χ3v) is 4.49. The fourth-order valence-electron chi connectivity index (χ4n) is 2.84. The number of fused-ring (bicyclic) bond motifs is 1. The van der Waals surface area contributed by atoms with Crippen LogP contribution in [-0.2, 0) is 14.3 Å². The Balaban J connectivity index is 0.00000208. The second-order valence-electron chi connectivity index (χ2n) is 6.01. The molecule has 0 aromatic heterocycles. The first-order valence-electron chi connectivity index (χ1n) is 7.75. The molecular formula is C16H22ClN3O4. The van der Waals surface area contributed by atoms with E-state index in [9.17, 15) is 9.59 Å². The van der Waals surface area contributed by atoms with Gasteiger partial charge in [-0.2, -0.15) is 0 Å². The summed E-state index contributed by atoms with van der Waals surface area (Å²) in [6.07, 6.45) is 0.695. The van der Waals surface area contributed by atoms with Gasteiger partial charge >= 0.3 is 0 Å². The SMILES string of the molecule is CC1Oc2ccc(NC(=O)C3(CN)CCOCC3)cc2NC1=O.Cl. The number of amides is 2. The summed E-state index contributed by atoms with van der Waals surface area (Å²) in [6, 6.07) is 5.19. The Labute approximate surface area is 146 Å². The second-order valence-corrected chi connectivity index (χ2v) is 6.01. The lowest BCUT2D eigenvalue weighted by Crippen LogP contribution is -2.46. The van der Waals surface area contributed by atoms with Crippen molar-refractivity contribution in [3.05, 3.63) is 18.2 Å². The zero-order chi connectivity index (χ0) is 16.4. The largest absolute Gasteiger partial charge is 0.479 e. The van der Waals surface area contributed by atoms with Crippen molar-refractivity contribution in [2.75, 3.05) is 30.4 Å².